The average molecular weight is 288 g/mol. The average Bonchev–Trinajstić information content (AvgIpc) is 2.90. The Kier molecular flexibility index (Phi) is 3.92. The molecule has 21 heavy (non-hydrogen) atoms. The molecule has 1 aliphatic heterocycles. The zero-order chi connectivity index (χ0) is 14.8. The zero-order valence-electron chi connectivity index (χ0n) is 11.9. The van der Waals surface area contributed by atoms with Crippen LogP contribution in [0.25, 0.3) is 0 Å². The van der Waals surface area contributed by atoms with E-state index in [-0.39, 0.29) is 17.9 Å². The first-order valence-corrected chi connectivity index (χ1v) is 7.51. The maximum atomic E-state index is 12.2. The molecule has 0 bridgehead atoms. The third-order valence-corrected chi connectivity index (χ3v) is 4.33. The first-order valence-electron chi connectivity index (χ1n) is 7.51. The summed E-state index contributed by atoms with van der Waals surface area (Å²) in [5, 5.41) is 15.2. The van der Waals surface area contributed by atoms with E-state index in [4.69, 9.17) is 0 Å². The number of aliphatic hydroxyl groups excluding tert-OH is 1. The molecule has 3 rings (SSSR count). The number of carbonyl (C=O) groups excluding carboxylic acids is 2. The minimum absolute atomic E-state index is 0.0273. The molecule has 1 saturated carbocycles. The van der Waals surface area contributed by atoms with Crippen LogP contribution in [0, 0.1) is 5.92 Å². The number of aryl methyl sites for hydroxylation is 1. The van der Waals surface area contributed by atoms with Crippen molar-refractivity contribution in [1.29, 1.82) is 0 Å². The smallest absolute Gasteiger partial charge is 0.251 e. The number of anilines is 1. The SMILES string of the molecule is O=C1CCc2cc(C(=O)NCC3CCC(O)C3)ccc2N1. The van der Waals surface area contributed by atoms with Crippen LogP contribution in [0.5, 0.6) is 0 Å². The minimum Gasteiger partial charge on any atom is -0.393 e. The molecule has 5 nitrogen and oxygen atoms in total. The van der Waals surface area contributed by atoms with Gasteiger partial charge in [0.05, 0.1) is 6.10 Å². The molecule has 3 N–H and O–H groups in total. The van der Waals surface area contributed by atoms with E-state index in [9.17, 15) is 14.7 Å². The fraction of sp³-hybridized carbons (Fsp3) is 0.500. The Morgan fingerprint density at radius 2 is 2.19 bits per heavy atom. The molecule has 112 valence electrons. The van der Waals surface area contributed by atoms with Gasteiger partial charge >= 0.3 is 0 Å². The molecule has 1 aromatic rings. The van der Waals surface area contributed by atoms with Gasteiger partial charge in [-0.05, 0) is 55.4 Å². The van der Waals surface area contributed by atoms with Gasteiger partial charge in [-0.3, -0.25) is 9.59 Å². The van der Waals surface area contributed by atoms with Crippen molar-refractivity contribution in [3.8, 4) is 0 Å². The highest BCUT2D eigenvalue weighted by molar-refractivity contribution is 5.97. The number of carbonyl (C=O) groups is 2. The largest absolute Gasteiger partial charge is 0.393 e. The van der Waals surface area contributed by atoms with Crippen molar-refractivity contribution in [2.75, 3.05) is 11.9 Å². The lowest BCUT2D eigenvalue weighted by molar-refractivity contribution is -0.116. The maximum Gasteiger partial charge on any atom is 0.251 e. The van der Waals surface area contributed by atoms with Gasteiger partial charge in [0.1, 0.15) is 0 Å². The molecule has 0 spiro atoms. The van der Waals surface area contributed by atoms with Crippen molar-refractivity contribution in [2.24, 2.45) is 5.92 Å². The Bertz CT molecular complexity index is 571. The quantitative estimate of drug-likeness (QED) is 0.788. The van der Waals surface area contributed by atoms with Gasteiger partial charge in [-0.2, -0.15) is 0 Å². The first-order chi connectivity index (χ1) is 10.1. The number of hydrogen-bond donors (Lipinski definition) is 3. The summed E-state index contributed by atoms with van der Waals surface area (Å²) >= 11 is 0. The molecule has 0 saturated heterocycles. The van der Waals surface area contributed by atoms with Gasteiger partial charge in [0.2, 0.25) is 5.91 Å². The van der Waals surface area contributed by atoms with Gasteiger partial charge in [0.25, 0.3) is 5.91 Å². The lowest BCUT2D eigenvalue weighted by Gasteiger charge is -2.17. The van der Waals surface area contributed by atoms with Crippen LogP contribution >= 0.6 is 0 Å². The lowest BCUT2D eigenvalue weighted by atomic mass is 10.00. The third kappa shape index (κ3) is 3.24. The zero-order valence-corrected chi connectivity index (χ0v) is 11.9. The van der Waals surface area contributed by atoms with Crippen molar-refractivity contribution < 1.29 is 14.7 Å². The molecule has 0 radical (unpaired) electrons. The van der Waals surface area contributed by atoms with Crippen LogP contribution in [0.1, 0.15) is 41.6 Å². The summed E-state index contributed by atoms with van der Waals surface area (Å²) in [7, 11) is 0. The molecule has 2 amide bonds. The van der Waals surface area contributed by atoms with Crippen LogP contribution in [0.3, 0.4) is 0 Å². The number of aliphatic hydroxyl groups is 1. The van der Waals surface area contributed by atoms with E-state index in [1.165, 1.54) is 0 Å². The molecule has 1 aromatic carbocycles. The van der Waals surface area contributed by atoms with Crippen LogP contribution in [0.15, 0.2) is 18.2 Å². The second-order valence-electron chi connectivity index (χ2n) is 5.96. The van der Waals surface area contributed by atoms with E-state index < -0.39 is 0 Å². The van der Waals surface area contributed by atoms with Crippen LogP contribution < -0.4 is 10.6 Å². The van der Waals surface area contributed by atoms with Crippen molar-refractivity contribution in [2.45, 2.75) is 38.2 Å². The Hall–Kier alpha value is -1.88. The van der Waals surface area contributed by atoms with Gasteiger partial charge in [-0.15, -0.1) is 0 Å². The van der Waals surface area contributed by atoms with Crippen molar-refractivity contribution >= 4 is 17.5 Å². The first kappa shape index (κ1) is 14.1. The predicted molar refractivity (Wildman–Crippen MR) is 79.1 cm³/mol. The van der Waals surface area contributed by atoms with Crippen LogP contribution in [-0.4, -0.2) is 29.6 Å². The van der Waals surface area contributed by atoms with E-state index in [2.05, 4.69) is 10.6 Å². The molecule has 0 aromatic heterocycles. The van der Waals surface area contributed by atoms with Crippen LogP contribution in [0.4, 0.5) is 5.69 Å². The highest BCUT2D eigenvalue weighted by Gasteiger charge is 2.23. The van der Waals surface area contributed by atoms with Gasteiger partial charge in [0.15, 0.2) is 0 Å². The molecular weight excluding hydrogens is 268 g/mol. The summed E-state index contributed by atoms with van der Waals surface area (Å²) in [5.74, 6) is 0.316. The number of nitrogens with one attached hydrogen (secondary N) is 2. The normalized spacial score (nSPS) is 24.3. The topological polar surface area (TPSA) is 78.4 Å². The summed E-state index contributed by atoms with van der Waals surface area (Å²) in [6, 6.07) is 5.39. The number of amides is 2. The van der Waals surface area contributed by atoms with E-state index >= 15 is 0 Å². The Balaban J connectivity index is 1.61. The number of fused-ring (bicyclic) bond motifs is 1. The van der Waals surface area contributed by atoms with E-state index in [1.54, 1.807) is 12.1 Å². The predicted octanol–water partition coefficient (Wildman–Crippen LogP) is 1.46. The molecule has 2 aliphatic rings. The third-order valence-electron chi connectivity index (χ3n) is 4.33. The van der Waals surface area contributed by atoms with Gasteiger partial charge in [0, 0.05) is 24.2 Å². The molecule has 5 heteroatoms. The lowest BCUT2D eigenvalue weighted by Crippen LogP contribution is -2.29. The van der Waals surface area contributed by atoms with Crippen LogP contribution in [-0.2, 0) is 11.2 Å². The maximum absolute atomic E-state index is 12.2. The minimum atomic E-state index is -0.209. The monoisotopic (exact) mass is 288 g/mol. The molecular formula is C16H20N2O3. The summed E-state index contributed by atoms with van der Waals surface area (Å²) in [5.41, 5.74) is 2.45. The molecule has 1 aliphatic carbocycles. The molecule has 1 heterocycles. The Morgan fingerprint density at radius 1 is 1.33 bits per heavy atom. The Morgan fingerprint density at radius 3 is 2.95 bits per heavy atom. The van der Waals surface area contributed by atoms with E-state index in [0.717, 1.165) is 30.5 Å². The number of hydrogen-bond acceptors (Lipinski definition) is 3. The highest BCUT2D eigenvalue weighted by atomic mass is 16.3. The summed E-state index contributed by atoms with van der Waals surface area (Å²) < 4.78 is 0. The second-order valence-corrected chi connectivity index (χ2v) is 5.96. The van der Waals surface area contributed by atoms with Crippen LogP contribution in [0.2, 0.25) is 0 Å². The highest BCUT2D eigenvalue weighted by Crippen LogP contribution is 2.25. The fourth-order valence-corrected chi connectivity index (χ4v) is 3.10. The van der Waals surface area contributed by atoms with Gasteiger partial charge in [-0.25, -0.2) is 0 Å². The fourth-order valence-electron chi connectivity index (χ4n) is 3.10. The molecule has 2 atom stereocenters. The summed E-state index contributed by atoms with van der Waals surface area (Å²) in [6.07, 6.45) is 3.52. The molecule has 2 unspecified atom stereocenters. The Labute approximate surface area is 123 Å². The molecule has 1 fully saturated rings. The van der Waals surface area contributed by atoms with Crippen molar-refractivity contribution in [1.82, 2.24) is 5.32 Å². The van der Waals surface area contributed by atoms with E-state index in [1.807, 2.05) is 6.07 Å². The summed E-state index contributed by atoms with van der Waals surface area (Å²) in [4.78, 5) is 23.5. The number of rotatable bonds is 3. The number of benzene rings is 1. The van der Waals surface area contributed by atoms with Gasteiger partial charge in [-0.1, -0.05) is 0 Å². The van der Waals surface area contributed by atoms with Crippen molar-refractivity contribution in [3.05, 3.63) is 29.3 Å². The summed E-state index contributed by atoms with van der Waals surface area (Å²) in [6.45, 7) is 0.615. The second kappa shape index (κ2) is 5.85. The standard InChI is InChI=1S/C16H20N2O3/c19-13-4-1-10(7-13)9-17-16(21)12-2-5-14-11(8-12)3-6-15(20)18-14/h2,5,8,10,13,19H,1,3-4,6-7,9H2,(H,17,21)(H,18,20). The van der Waals surface area contributed by atoms with E-state index in [0.29, 0.717) is 30.9 Å². The van der Waals surface area contributed by atoms with Gasteiger partial charge < -0.3 is 15.7 Å². The van der Waals surface area contributed by atoms with Crippen molar-refractivity contribution in [3.63, 3.8) is 0 Å².